The standard InChI is InChI=1S/C12H11FN2O/c1-7-4-9(6-12(16)15-7)8-2-3-10(13)11(14)5-8/h2-6H,14H2,1H3,(H,15,16). The van der Waals surface area contributed by atoms with Gasteiger partial charge in [0.2, 0.25) is 5.56 Å². The Kier molecular flexibility index (Phi) is 2.48. The number of nitrogens with one attached hydrogen (secondary N) is 1. The highest BCUT2D eigenvalue weighted by Crippen LogP contribution is 2.22. The van der Waals surface area contributed by atoms with E-state index < -0.39 is 5.82 Å². The molecular weight excluding hydrogens is 207 g/mol. The number of pyridine rings is 1. The van der Waals surface area contributed by atoms with Gasteiger partial charge in [-0.05, 0) is 36.2 Å². The summed E-state index contributed by atoms with van der Waals surface area (Å²) in [5.41, 5.74) is 7.58. The molecule has 16 heavy (non-hydrogen) atoms. The monoisotopic (exact) mass is 218 g/mol. The predicted octanol–water partition coefficient (Wildman–Crippen LogP) is 2.07. The van der Waals surface area contributed by atoms with Gasteiger partial charge in [-0.2, -0.15) is 0 Å². The second kappa shape index (κ2) is 3.81. The number of anilines is 1. The van der Waals surface area contributed by atoms with Crippen molar-refractivity contribution in [3.63, 3.8) is 0 Å². The molecule has 3 nitrogen and oxygen atoms in total. The van der Waals surface area contributed by atoms with E-state index in [0.717, 1.165) is 16.8 Å². The number of benzene rings is 1. The molecule has 1 heterocycles. The fraction of sp³-hybridized carbons (Fsp3) is 0.0833. The van der Waals surface area contributed by atoms with Gasteiger partial charge in [0.1, 0.15) is 5.82 Å². The molecule has 0 aliphatic rings. The van der Waals surface area contributed by atoms with Gasteiger partial charge in [-0.1, -0.05) is 6.07 Å². The van der Waals surface area contributed by atoms with Gasteiger partial charge in [0.05, 0.1) is 5.69 Å². The van der Waals surface area contributed by atoms with Crippen molar-refractivity contribution in [1.29, 1.82) is 0 Å². The van der Waals surface area contributed by atoms with Gasteiger partial charge < -0.3 is 10.7 Å². The molecule has 0 saturated carbocycles. The van der Waals surface area contributed by atoms with Crippen molar-refractivity contribution in [2.45, 2.75) is 6.92 Å². The van der Waals surface area contributed by atoms with Crippen molar-refractivity contribution in [3.8, 4) is 11.1 Å². The van der Waals surface area contributed by atoms with Gasteiger partial charge in [0.15, 0.2) is 0 Å². The van der Waals surface area contributed by atoms with Crippen molar-refractivity contribution < 1.29 is 4.39 Å². The highest BCUT2D eigenvalue weighted by molar-refractivity contribution is 5.67. The zero-order valence-electron chi connectivity index (χ0n) is 8.75. The van der Waals surface area contributed by atoms with E-state index >= 15 is 0 Å². The average Bonchev–Trinajstić information content (AvgIpc) is 2.20. The number of hydrogen-bond acceptors (Lipinski definition) is 2. The Morgan fingerprint density at radius 3 is 2.56 bits per heavy atom. The molecule has 0 spiro atoms. The lowest BCUT2D eigenvalue weighted by Gasteiger charge is -2.04. The van der Waals surface area contributed by atoms with Crippen LogP contribution in [0.25, 0.3) is 11.1 Å². The van der Waals surface area contributed by atoms with Crippen LogP contribution in [0.2, 0.25) is 0 Å². The van der Waals surface area contributed by atoms with E-state index in [1.807, 2.05) is 6.07 Å². The maximum Gasteiger partial charge on any atom is 0.248 e. The molecular formula is C12H11FN2O. The summed E-state index contributed by atoms with van der Waals surface area (Å²) in [5.74, 6) is -0.453. The summed E-state index contributed by atoms with van der Waals surface area (Å²) in [6, 6.07) is 7.68. The van der Waals surface area contributed by atoms with E-state index in [9.17, 15) is 9.18 Å². The Morgan fingerprint density at radius 2 is 1.94 bits per heavy atom. The molecule has 2 rings (SSSR count). The minimum Gasteiger partial charge on any atom is -0.396 e. The first-order valence-electron chi connectivity index (χ1n) is 4.82. The molecule has 4 heteroatoms. The summed E-state index contributed by atoms with van der Waals surface area (Å²) in [7, 11) is 0. The van der Waals surface area contributed by atoms with Crippen LogP contribution in [-0.2, 0) is 0 Å². The van der Waals surface area contributed by atoms with Crippen LogP contribution < -0.4 is 11.3 Å². The van der Waals surface area contributed by atoms with Crippen molar-refractivity contribution >= 4 is 5.69 Å². The quantitative estimate of drug-likeness (QED) is 0.720. The maximum absolute atomic E-state index is 13.0. The number of hydrogen-bond donors (Lipinski definition) is 2. The number of rotatable bonds is 1. The van der Waals surface area contributed by atoms with Gasteiger partial charge in [-0.3, -0.25) is 4.79 Å². The summed E-state index contributed by atoms with van der Waals surface area (Å²) in [4.78, 5) is 13.9. The normalized spacial score (nSPS) is 10.4. The SMILES string of the molecule is Cc1cc(-c2ccc(F)c(N)c2)cc(=O)[nH]1. The van der Waals surface area contributed by atoms with Crippen LogP contribution in [0.5, 0.6) is 0 Å². The molecule has 82 valence electrons. The molecule has 0 unspecified atom stereocenters. The molecule has 2 aromatic rings. The molecule has 0 amide bonds. The van der Waals surface area contributed by atoms with Gasteiger partial charge >= 0.3 is 0 Å². The van der Waals surface area contributed by atoms with Gasteiger partial charge in [-0.25, -0.2) is 4.39 Å². The minimum absolute atomic E-state index is 0.0791. The average molecular weight is 218 g/mol. The Balaban J connectivity index is 2.58. The van der Waals surface area contributed by atoms with Crippen molar-refractivity contribution in [3.05, 3.63) is 52.2 Å². The third-order valence-electron chi connectivity index (χ3n) is 2.31. The third kappa shape index (κ3) is 1.95. The van der Waals surface area contributed by atoms with Gasteiger partial charge in [0, 0.05) is 11.8 Å². The lowest BCUT2D eigenvalue weighted by Crippen LogP contribution is -2.05. The molecule has 0 radical (unpaired) electrons. The number of halogens is 1. The van der Waals surface area contributed by atoms with Crippen molar-refractivity contribution in [1.82, 2.24) is 4.98 Å². The lowest BCUT2D eigenvalue weighted by atomic mass is 10.1. The minimum atomic E-state index is -0.453. The predicted molar refractivity (Wildman–Crippen MR) is 61.6 cm³/mol. The molecule has 3 N–H and O–H groups in total. The zero-order valence-corrected chi connectivity index (χ0v) is 8.75. The van der Waals surface area contributed by atoms with Crippen LogP contribution in [0.1, 0.15) is 5.69 Å². The Labute approximate surface area is 91.7 Å². The highest BCUT2D eigenvalue weighted by Gasteiger charge is 2.03. The number of nitrogen functional groups attached to an aromatic ring is 1. The smallest absolute Gasteiger partial charge is 0.248 e. The summed E-state index contributed by atoms with van der Waals surface area (Å²) in [6.07, 6.45) is 0. The summed E-state index contributed by atoms with van der Waals surface area (Å²) >= 11 is 0. The number of aryl methyl sites for hydroxylation is 1. The Morgan fingerprint density at radius 1 is 1.19 bits per heavy atom. The number of aromatic amines is 1. The molecule has 0 bridgehead atoms. The van der Waals surface area contributed by atoms with Crippen LogP contribution in [0.15, 0.2) is 35.1 Å². The number of aromatic nitrogens is 1. The number of nitrogens with two attached hydrogens (primary N) is 1. The Bertz CT molecular complexity index is 590. The second-order valence-corrected chi connectivity index (χ2v) is 3.65. The molecule has 0 atom stereocenters. The van der Waals surface area contributed by atoms with Crippen LogP contribution >= 0.6 is 0 Å². The van der Waals surface area contributed by atoms with E-state index in [-0.39, 0.29) is 11.2 Å². The Hall–Kier alpha value is -2.10. The zero-order chi connectivity index (χ0) is 11.7. The van der Waals surface area contributed by atoms with Crippen LogP contribution in [0.4, 0.5) is 10.1 Å². The van der Waals surface area contributed by atoms with Crippen LogP contribution in [-0.4, -0.2) is 4.98 Å². The lowest BCUT2D eigenvalue weighted by molar-refractivity contribution is 0.632. The van der Waals surface area contributed by atoms with Crippen molar-refractivity contribution in [2.75, 3.05) is 5.73 Å². The molecule has 0 aliphatic carbocycles. The first-order valence-corrected chi connectivity index (χ1v) is 4.82. The number of H-pyrrole nitrogens is 1. The largest absolute Gasteiger partial charge is 0.396 e. The molecule has 0 saturated heterocycles. The van der Waals surface area contributed by atoms with E-state index in [0.29, 0.717) is 0 Å². The third-order valence-corrected chi connectivity index (χ3v) is 2.31. The molecule has 1 aromatic carbocycles. The van der Waals surface area contributed by atoms with Gasteiger partial charge in [-0.15, -0.1) is 0 Å². The molecule has 1 aromatic heterocycles. The summed E-state index contributed by atoms with van der Waals surface area (Å²) in [5, 5.41) is 0. The summed E-state index contributed by atoms with van der Waals surface area (Å²) in [6.45, 7) is 1.79. The van der Waals surface area contributed by atoms with E-state index in [4.69, 9.17) is 5.73 Å². The van der Waals surface area contributed by atoms with E-state index in [1.54, 1.807) is 13.0 Å². The van der Waals surface area contributed by atoms with Crippen LogP contribution in [0, 0.1) is 12.7 Å². The summed E-state index contributed by atoms with van der Waals surface area (Å²) < 4.78 is 13.0. The van der Waals surface area contributed by atoms with E-state index in [2.05, 4.69) is 4.98 Å². The fourth-order valence-electron chi connectivity index (χ4n) is 1.57. The topological polar surface area (TPSA) is 58.9 Å². The van der Waals surface area contributed by atoms with E-state index in [1.165, 1.54) is 18.2 Å². The van der Waals surface area contributed by atoms with Crippen LogP contribution in [0.3, 0.4) is 0 Å². The molecule has 0 fully saturated rings. The van der Waals surface area contributed by atoms with Gasteiger partial charge in [0.25, 0.3) is 0 Å². The first kappa shape index (κ1) is 10.4. The highest BCUT2D eigenvalue weighted by atomic mass is 19.1. The fourth-order valence-corrected chi connectivity index (χ4v) is 1.57. The second-order valence-electron chi connectivity index (χ2n) is 3.65. The maximum atomic E-state index is 13.0. The van der Waals surface area contributed by atoms with Crippen molar-refractivity contribution in [2.24, 2.45) is 0 Å². The first-order chi connectivity index (χ1) is 7.56. The molecule has 0 aliphatic heterocycles.